The second kappa shape index (κ2) is 5.51. The molecule has 0 radical (unpaired) electrons. The van der Waals surface area contributed by atoms with Crippen LogP contribution >= 0.6 is 15.9 Å². The average molecular weight is 330 g/mol. The number of halogens is 1. The van der Waals surface area contributed by atoms with Crippen molar-refractivity contribution in [3.05, 3.63) is 59.2 Å². The van der Waals surface area contributed by atoms with E-state index >= 15 is 0 Å². The molecule has 0 amide bonds. The molecule has 2 aromatic carbocycles. The van der Waals surface area contributed by atoms with E-state index in [9.17, 15) is 0 Å². The van der Waals surface area contributed by atoms with Crippen LogP contribution in [0.3, 0.4) is 0 Å². The Balaban J connectivity index is 2.01. The van der Waals surface area contributed by atoms with Crippen molar-refractivity contribution in [3.8, 4) is 17.4 Å². The maximum atomic E-state index is 5.91. The Morgan fingerprint density at radius 3 is 2.70 bits per heavy atom. The van der Waals surface area contributed by atoms with Crippen LogP contribution in [0, 0.1) is 0 Å². The second-order valence-electron chi connectivity index (χ2n) is 4.24. The summed E-state index contributed by atoms with van der Waals surface area (Å²) in [6.07, 6.45) is 1.75. The summed E-state index contributed by atoms with van der Waals surface area (Å²) in [5.41, 5.74) is 0. The number of fused-ring (bicyclic) bond motifs is 1. The van der Waals surface area contributed by atoms with E-state index in [-0.39, 0.29) is 0 Å². The van der Waals surface area contributed by atoms with E-state index in [1.165, 1.54) is 0 Å². The summed E-state index contributed by atoms with van der Waals surface area (Å²) in [7, 11) is 1.63. The summed E-state index contributed by atoms with van der Waals surface area (Å²) < 4.78 is 11.9. The quantitative estimate of drug-likeness (QED) is 0.691. The Morgan fingerprint density at radius 1 is 1.05 bits per heavy atom. The largest absolute Gasteiger partial charge is 0.497 e. The molecule has 0 spiro atoms. The fourth-order valence-electron chi connectivity index (χ4n) is 1.97. The number of rotatable bonds is 3. The van der Waals surface area contributed by atoms with Gasteiger partial charge in [-0.05, 0) is 51.6 Å². The third-order valence-electron chi connectivity index (χ3n) is 2.98. The number of pyridine rings is 1. The highest BCUT2D eigenvalue weighted by molar-refractivity contribution is 9.10. The standard InChI is InChI=1S/C16H12BrNO2/c1-19-12-6-7-15(14(17)10-12)20-16-13-5-3-2-4-11(13)8-9-18-16/h2-10H,1H3. The van der Waals surface area contributed by atoms with Crippen molar-refractivity contribution in [3.63, 3.8) is 0 Å². The van der Waals surface area contributed by atoms with Crippen LogP contribution in [-0.2, 0) is 0 Å². The molecule has 0 atom stereocenters. The van der Waals surface area contributed by atoms with Gasteiger partial charge >= 0.3 is 0 Å². The van der Waals surface area contributed by atoms with E-state index < -0.39 is 0 Å². The number of benzene rings is 2. The molecule has 0 bridgehead atoms. The van der Waals surface area contributed by atoms with Crippen molar-refractivity contribution in [2.24, 2.45) is 0 Å². The number of nitrogens with zero attached hydrogens (tertiary/aromatic N) is 1. The molecule has 0 aliphatic heterocycles. The van der Waals surface area contributed by atoms with Gasteiger partial charge < -0.3 is 9.47 Å². The molecule has 0 aliphatic rings. The van der Waals surface area contributed by atoms with Gasteiger partial charge in [-0.15, -0.1) is 0 Å². The lowest BCUT2D eigenvalue weighted by atomic mass is 10.2. The number of methoxy groups -OCH3 is 1. The maximum Gasteiger partial charge on any atom is 0.227 e. The Hall–Kier alpha value is -2.07. The normalized spacial score (nSPS) is 10.5. The van der Waals surface area contributed by atoms with Gasteiger partial charge in [0.05, 0.1) is 11.6 Å². The predicted molar refractivity (Wildman–Crippen MR) is 82.5 cm³/mol. The fourth-order valence-corrected chi connectivity index (χ4v) is 2.41. The molecule has 0 aliphatic carbocycles. The molecule has 1 aromatic heterocycles. The topological polar surface area (TPSA) is 31.4 Å². The van der Waals surface area contributed by atoms with Gasteiger partial charge in [-0.2, -0.15) is 0 Å². The van der Waals surface area contributed by atoms with Crippen LogP contribution in [-0.4, -0.2) is 12.1 Å². The van der Waals surface area contributed by atoms with Crippen molar-refractivity contribution in [2.45, 2.75) is 0 Å². The van der Waals surface area contributed by atoms with Gasteiger partial charge in [-0.1, -0.05) is 18.2 Å². The highest BCUT2D eigenvalue weighted by atomic mass is 79.9. The van der Waals surface area contributed by atoms with Gasteiger partial charge in [0.2, 0.25) is 5.88 Å². The number of aromatic nitrogens is 1. The van der Waals surface area contributed by atoms with E-state index in [4.69, 9.17) is 9.47 Å². The summed E-state index contributed by atoms with van der Waals surface area (Å²) in [5, 5.41) is 2.08. The van der Waals surface area contributed by atoms with Gasteiger partial charge in [0, 0.05) is 11.6 Å². The Morgan fingerprint density at radius 2 is 1.90 bits per heavy atom. The van der Waals surface area contributed by atoms with Gasteiger partial charge in [0.25, 0.3) is 0 Å². The monoisotopic (exact) mass is 329 g/mol. The molecular weight excluding hydrogens is 318 g/mol. The SMILES string of the molecule is COc1ccc(Oc2nccc3ccccc23)c(Br)c1. The lowest BCUT2D eigenvalue weighted by Crippen LogP contribution is -1.91. The van der Waals surface area contributed by atoms with E-state index in [2.05, 4.69) is 20.9 Å². The Bertz CT molecular complexity index is 753. The molecular formula is C16H12BrNO2. The van der Waals surface area contributed by atoms with Crippen LogP contribution in [0.1, 0.15) is 0 Å². The summed E-state index contributed by atoms with van der Waals surface area (Å²) in [4.78, 5) is 4.31. The highest BCUT2D eigenvalue weighted by Gasteiger charge is 2.08. The minimum absolute atomic E-state index is 0.592. The summed E-state index contributed by atoms with van der Waals surface area (Å²) >= 11 is 3.48. The van der Waals surface area contributed by atoms with Gasteiger partial charge in [0.15, 0.2) is 0 Å². The van der Waals surface area contributed by atoms with Crippen molar-refractivity contribution < 1.29 is 9.47 Å². The van der Waals surface area contributed by atoms with Crippen LogP contribution in [0.15, 0.2) is 59.2 Å². The zero-order chi connectivity index (χ0) is 13.9. The van der Waals surface area contributed by atoms with E-state index in [0.717, 1.165) is 21.0 Å². The molecule has 100 valence electrons. The van der Waals surface area contributed by atoms with E-state index in [1.54, 1.807) is 13.3 Å². The molecule has 0 saturated heterocycles. The molecule has 0 saturated carbocycles. The van der Waals surface area contributed by atoms with Gasteiger partial charge in [0.1, 0.15) is 11.5 Å². The van der Waals surface area contributed by atoms with Gasteiger partial charge in [-0.3, -0.25) is 0 Å². The number of hydrogen-bond acceptors (Lipinski definition) is 3. The molecule has 0 fully saturated rings. The van der Waals surface area contributed by atoms with Crippen LogP contribution in [0.4, 0.5) is 0 Å². The molecule has 0 unspecified atom stereocenters. The zero-order valence-corrected chi connectivity index (χ0v) is 12.4. The first-order valence-electron chi connectivity index (χ1n) is 6.13. The molecule has 3 aromatic rings. The summed E-state index contributed by atoms with van der Waals surface area (Å²) in [5.74, 6) is 2.07. The number of ether oxygens (including phenoxy) is 2. The maximum absolute atomic E-state index is 5.91. The molecule has 3 rings (SSSR count). The Labute approximate surface area is 125 Å². The zero-order valence-electron chi connectivity index (χ0n) is 10.8. The highest BCUT2D eigenvalue weighted by Crippen LogP contribution is 2.34. The first-order chi connectivity index (χ1) is 9.78. The van der Waals surface area contributed by atoms with E-state index in [0.29, 0.717) is 11.6 Å². The minimum atomic E-state index is 0.592. The van der Waals surface area contributed by atoms with Crippen LogP contribution in [0.5, 0.6) is 17.4 Å². The van der Waals surface area contributed by atoms with Crippen molar-refractivity contribution in [2.75, 3.05) is 7.11 Å². The van der Waals surface area contributed by atoms with Crippen LogP contribution in [0.25, 0.3) is 10.8 Å². The van der Waals surface area contributed by atoms with Crippen molar-refractivity contribution >= 4 is 26.7 Å². The average Bonchev–Trinajstić information content (AvgIpc) is 2.49. The van der Waals surface area contributed by atoms with Gasteiger partial charge in [-0.25, -0.2) is 4.98 Å². The number of hydrogen-bond donors (Lipinski definition) is 0. The molecule has 20 heavy (non-hydrogen) atoms. The second-order valence-corrected chi connectivity index (χ2v) is 5.09. The van der Waals surface area contributed by atoms with E-state index in [1.807, 2.05) is 48.5 Å². The summed E-state index contributed by atoms with van der Waals surface area (Å²) in [6, 6.07) is 15.5. The lowest BCUT2D eigenvalue weighted by Gasteiger charge is -2.10. The van der Waals surface area contributed by atoms with Crippen LogP contribution in [0.2, 0.25) is 0 Å². The molecule has 0 N–H and O–H groups in total. The summed E-state index contributed by atoms with van der Waals surface area (Å²) in [6.45, 7) is 0. The van der Waals surface area contributed by atoms with Crippen LogP contribution < -0.4 is 9.47 Å². The molecule has 1 heterocycles. The third kappa shape index (κ3) is 2.47. The Kier molecular flexibility index (Phi) is 3.56. The third-order valence-corrected chi connectivity index (χ3v) is 3.60. The molecule has 4 heteroatoms. The van der Waals surface area contributed by atoms with Crippen molar-refractivity contribution in [1.82, 2.24) is 4.98 Å². The first-order valence-corrected chi connectivity index (χ1v) is 6.92. The lowest BCUT2D eigenvalue weighted by molar-refractivity contribution is 0.411. The predicted octanol–water partition coefficient (Wildman–Crippen LogP) is 4.80. The first kappa shape index (κ1) is 12.9. The fraction of sp³-hybridized carbons (Fsp3) is 0.0625. The smallest absolute Gasteiger partial charge is 0.227 e. The van der Waals surface area contributed by atoms with Crippen molar-refractivity contribution in [1.29, 1.82) is 0 Å². The molecule has 3 nitrogen and oxygen atoms in total. The minimum Gasteiger partial charge on any atom is -0.497 e.